The van der Waals surface area contributed by atoms with Gasteiger partial charge in [0.2, 0.25) is 5.88 Å². The van der Waals surface area contributed by atoms with E-state index in [1.54, 1.807) is 19.4 Å². The highest BCUT2D eigenvalue weighted by Crippen LogP contribution is 2.18. The van der Waals surface area contributed by atoms with E-state index in [0.717, 1.165) is 22.0 Å². The summed E-state index contributed by atoms with van der Waals surface area (Å²) in [4.78, 5) is 16.0. The SMILES string of the molecule is COc1cc(CNC(=O)Nc2ccc3ccccc3c2)ccn1. The molecule has 23 heavy (non-hydrogen) atoms. The Labute approximate surface area is 134 Å². The van der Waals surface area contributed by atoms with Gasteiger partial charge in [-0.25, -0.2) is 9.78 Å². The molecule has 2 amide bonds. The summed E-state index contributed by atoms with van der Waals surface area (Å²) in [6.45, 7) is 0.401. The number of nitrogens with zero attached hydrogens (tertiary/aromatic N) is 1. The number of carbonyl (C=O) groups excluding carboxylic acids is 1. The van der Waals surface area contributed by atoms with Crippen molar-refractivity contribution in [3.63, 3.8) is 0 Å². The van der Waals surface area contributed by atoms with Crippen molar-refractivity contribution in [1.82, 2.24) is 10.3 Å². The van der Waals surface area contributed by atoms with Gasteiger partial charge in [0.25, 0.3) is 0 Å². The molecule has 0 atom stereocenters. The molecule has 0 aliphatic carbocycles. The molecule has 0 bridgehead atoms. The molecule has 0 fully saturated rings. The molecule has 3 rings (SSSR count). The highest BCUT2D eigenvalue weighted by molar-refractivity contribution is 5.93. The fourth-order valence-corrected chi connectivity index (χ4v) is 2.30. The number of rotatable bonds is 4. The molecule has 3 aromatic rings. The predicted octanol–water partition coefficient (Wildman–Crippen LogP) is 3.57. The van der Waals surface area contributed by atoms with E-state index in [0.29, 0.717) is 12.4 Å². The molecule has 0 spiro atoms. The molecule has 0 unspecified atom stereocenters. The van der Waals surface area contributed by atoms with Crippen molar-refractivity contribution in [2.24, 2.45) is 0 Å². The molecule has 1 heterocycles. The van der Waals surface area contributed by atoms with Crippen molar-refractivity contribution >= 4 is 22.5 Å². The van der Waals surface area contributed by atoms with E-state index in [4.69, 9.17) is 4.74 Å². The topological polar surface area (TPSA) is 63.2 Å². The molecule has 1 aromatic heterocycles. The van der Waals surface area contributed by atoms with Crippen molar-refractivity contribution in [2.45, 2.75) is 6.54 Å². The largest absolute Gasteiger partial charge is 0.481 e. The summed E-state index contributed by atoms with van der Waals surface area (Å²) in [5.41, 5.74) is 1.68. The fourth-order valence-electron chi connectivity index (χ4n) is 2.30. The first-order valence-electron chi connectivity index (χ1n) is 7.27. The summed E-state index contributed by atoms with van der Waals surface area (Å²) in [5.74, 6) is 0.527. The van der Waals surface area contributed by atoms with Crippen LogP contribution < -0.4 is 15.4 Å². The lowest BCUT2D eigenvalue weighted by Crippen LogP contribution is -2.28. The van der Waals surface area contributed by atoms with Gasteiger partial charge >= 0.3 is 6.03 Å². The van der Waals surface area contributed by atoms with Crippen LogP contribution in [0.4, 0.5) is 10.5 Å². The van der Waals surface area contributed by atoms with Crippen LogP contribution in [0.15, 0.2) is 60.8 Å². The van der Waals surface area contributed by atoms with Gasteiger partial charge in [0, 0.05) is 24.5 Å². The molecular formula is C18H17N3O2. The normalized spacial score (nSPS) is 10.3. The highest BCUT2D eigenvalue weighted by Gasteiger charge is 2.03. The number of ether oxygens (including phenoxy) is 1. The Morgan fingerprint density at radius 1 is 1.09 bits per heavy atom. The minimum Gasteiger partial charge on any atom is -0.481 e. The molecule has 116 valence electrons. The molecule has 0 aliphatic rings. The second kappa shape index (κ2) is 6.79. The summed E-state index contributed by atoms with van der Waals surface area (Å²) < 4.78 is 5.06. The molecule has 0 aliphatic heterocycles. The van der Waals surface area contributed by atoms with Crippen LogP contribution in [0, 0.1) is 0 Å². The average Bonchev–Trinajstić information content (AvgIpc) is 2.60. The van der Waals surface area contributed by atoms with Gasteiger partial charge in [-0.15, -0.1) is 0 Å². The Morgan fingerprint density at radius 2 is 1.91 bits per heavy atom. The highest BCUT2D eigenvalue weighted by atomic mass is 16.5. The van der Waals surface area contributed by atoms with Gasteiger partial charge in [-0.2, -0.15) is 0 Å². The Bertz CT molecular complexity index is 833. The van der Waals surface area contributed by atoms with Crippen LogP contribution in [0.5, 0.6) is 5.88 Å². The third-order valence-corrected chi connectivity index (χ3v) is 3.47. The van der Waals surface area contributed by atoms with Gasteiger partial charge in [-0.1, -0.05) is 30.3 Å². The van der Waals surface area contributed by atoms with E-state index in [9.17, 15) is 4.79 Å². The lowest BCUT2D eigenvalue weighted by molar-refractivity contribution is 0.251. The fraction of sp³-hybridized carbons (Fsp3) is 0.111. The first-order chi connectivity index (χ1) is 11.2. The second-order valence-electron chi connectivity index (χ2n) is 5.08. The summed E-state index contributed by atoms with van der Waals surface area (Å²) in [5, 5.41) is 7.88. The Morgan fingerprint density at radius 3 is 2.74 bits per heavy atom. The van der Waals surface area contributed by atoms with Crippen molar-refractivity contribution in [3.05, 3.63) is 66.4 Å². The first-order valence-corrected chi connectivity index (χ1v) is 7.27. The van der Waals surface area contributed by atoms with Crippen molar-refractivity contribution in [1.29, 1.82) is 0 Å². The van der Waals surface area contributed by atoms with E-state index in [-0.39, 0.29) is 6.03 Å². The number of anilines is 1. The first kappa shape index (κ1) is 14.8. The molecule has 0 radical (unpaired) electrons. The monoisotopic (exact) mass is 307 g/mol. The van der Waals surface area contributed by atoms with Crippen molar-refractivity contribution in [3.8, 4) is 5.88 Å². The third-order valence-electron chi connectivity index (χ3n) is 3.47. The van der Waals surface area contributed by atoms with Gasteiger partial charge in [0.1, 0.15) is 0 Å². The number of carbonyl (C=O) groups is 1. The lowest BCUT2D eigenvalue weighted by atomic mass is 10.1. The number of nitrogens with one attached hydrogen (secondary N) is 2. The van der Waals surface area contributed by atoms with Crippen molar-refractivity contribution < 1.29 is 9.53 Å². The maximum Gasteiger partial charge on any atom is 0.319 e. The third kappa shape index (κ3) is 3.77. The average molecular weight is 307 g/mol. The van der Waals surface area contributed by atoms with Crippen LogP contribution in [0.3, 0.4) is 0 Å². The maximum absolute atomic E-state index is 12.0. The minimum atomic E-state index is -0.254. The molecule has 2 N–H and O–H groups in total. The van der Waals surface area contributed by atoms with Crippen LogP contribution in [0.25, 0.3) is 10.8 Å². The van der Waals surface area contributed by atoms with Crippen LogP contribution >= 0.6 is 0 Å². The van der Waals surface area contributed by atoms with Crippen LogP contribution in [-0.2, 0) is 6.54 Å². The summed E-state index contributed by atoms with van der Waals surface area (Å²) in [6, 6.07) is 17.2. The van der Waals surface area contributed by atoms with E-state index < -0.39 is 0 Å². The van der Waals surface area contributed by atoms with Gasteiger partial charge < -0.3 is 15.4 Å². The maximum atomic E-state index is 12.0. The zero-order chi connectivity index (χ0) is 16.1. The number of urea groups is 1. The van der Waals surface area contributed by atoms with E-state index in [1.165, 1.54) is 0 Å². The number of hydrogen-bond donors (Lipinski definition) is 2. The van der Waals surface area contributed by atoms with E-state index >= 15 is 0 Å². The number of benzene rings is 2. The number of pyridine rings is 1. The van der Waals surface area contributed by atoms with Crippen molar-refractivity contribution in [2.75, 3.05) is 12.4 Å². The lowest BCUT2D eigenvalue weighted by Gasteiger charge is -2.09. The Kier molecular flexibility index (Phi) is 4.38. The predicted molar refractivity (Wildman–Crippen MR) is 90.6 cm³/mol. The van der Waals surface area contributed by atoms with E-state index in [1.807, 2.05) is 48.5 Å². The number of methoxy groups -OCH3 is 1. The second-order valence-corrected chi connectivity index (χ2v) is 5.08. The van der Waals surface area contributed by atoms with Crippen LogP contribution in [0.1, 0.15) is 5.56 Å². The Hall–Kier alpha value is -3.08. The number of amides is 2. The van der Waals surface area contributed by atoms with Crippen LogP contribution in [-0.4, -0.2) is 18.1 Å². The van der Waals surface area contributed by atoms with Gasteiger partial charge in [0.15, 0.2) is 0 Å². The molecule has 0 saturated carbocycles. The van der Waals surface area contributed by atoms with E-state index in [2.05, 4.69) is 15.6 Å². The summed E-state index contributed by atoms with van der Waals surface area (Å²) in [7, 11) is 1.56. The minimum absolute atomic E-state index is 0.254. The van der Waals surface area contributed by atoms with Gasteiger partial charge in [0.05, 0.1) is 7.11 Å². The number of fused-ring (bicyclic) bond motifs is 1. The standard InChI is InChI=1S/C18H17N3O2/c1-23-17-10-13(8-9-19-17)12-20-18(22)21-16-7-6-14-4-2-3-5-15(14)11-16/h2-11H,12H2,1H3,(H2,20,21,22). The summed E-state index contributed by atoms with van der Waals surface area (Å²) in [6.07, 6.45) is 1.65. The van der Waals surface area contributed by atoms with Crippen LogP contribution in [0.2, 0.25) is 0 Å². The molecule has 2 aromatic carbocycles. The Balaban J connectivity index is 1.61. The molecule has 5 nitrogen and oxygen atoms in total. The zero-order valence-corrected chi connectivity index (χ0v) is 12.7. The van der Waals surface area contributed by atoms with Gasteiger partial charge in [-0.3, -0.25) is 0 Å². The molecule has 0 saturated heterocycles. The zero-order valence-electron chi connectivity index (χ0n) is 12.7. The smallest absolute Gasteiger partial charge is 0.319 e. The number of aromatic nitrogens is 1. The van der Waals surface area contributed by atoms with Gasteiger partial charge in [-0.05, 0) is 34.5 Å². The molecular weight excluding hydrogens is 290 g/mol. The quantitative estimate of drug-likeness (QED) is 0.774. The molecule has 5 heteroatoms. The number of hydrogen-bond acceptors (Lipinski definition) is 3. The summed E-state index contributed by atoms with van der Waals surface area (Å²) >= 11 is 0.